The molecular weight excluding hydrogens is 402 g/mol. The van der Waals surface area contributed by atoms with Crippen molar-refractivity contribution in [2.75, 3.05) is 13.7 Å². The monoisotopic (exact) mass is 451 g/mol. The third kappa shape index (κ3) is 19.5. The summed E-state index contributed by atoms with van der Waals surface area (Å²) in [7, 11) is -2.93. The van der Waals surface area contributed by atoms with Crippen molar-refractivity contribution in [3.8, 4) is 0 Å². The predicted molar refractivity (Wildman–Crippen MR) is 126 cm³/mol. The quantitative estimate of drug-likeness (QED) is 0.153. The summed E-state index contributed by atoms with van der Waals surface area (Å²) in [5, 5.41) is 10.1. The van der Waals surface area contributed by atoms with Crippen molar-refractivity contribution < 1.29 is 21.9 Å². The van der Waals surface area contributed by atoms with Crippen LogP contribution >= 0.6 is 0 Å². The Bertz CT molecular complexity index is 482. The zero-order valence-electron chi connectivity index (χ0n) is 19.8. The Hall–Kier alpha value is -0.470. The van der Waals surface area contributed by atoms with Crippen molar-refractivity contribution in [3.63, 3.8) is 0 Å². The first-order valence-electron chi connectivity index (χ1n) is 11.7. The molecule has 0 aliphatic heterocycles. The number of allylic oxidation sites excluding steroid dienone is 2. The highest BCUT2D eigenvalue weighted by Gasteiger charge is 2.20. The van der Waals surface area contributed by atoms with Gasteiger partial charge in [0.05, 0.1) is 19.8 Å². The van der Waals surface area contributed by atoms with E-state index in [2.05, 4.69) is 27.4 Å². The zero-order valence-corrected chi connectivity index (χ0v) is 20.6. The average Bonchev–Trinajstić information content (AvgIpc) is 2.72. The molecular formula is C23H49NO5S. The molecule has 0 bridgehead atoms. The van der Waals surface area contributed by atoms with E-state index in [1.807, 2.05) is 6.92 Å². The molecule has 2 atom stereocenters. The van der Waals surface area contributed by atoms with Crippen LogP contribution in [-0.2, 0) is 18.8 Å². The molecule has 0 radical (unpaired) electrons. The molecule has 0 aliphatic rings. The second kappa shape index (κ2) is 21.8. The smallest absolute Gasteiger partial charge is 0.390 e. The molecule has 7 heteroatoms. The fraction of sp³-hybridized carbons (Fsp3) is 0.913. The topological polar surface area (TPSA) is 108 Å². The van der Waals surface area contributed by atoms with E-state index in [4.69, 9.17) is 0 Å². The van der Waals surface area contributed by atoms with Crippen LogP contribution in [0.2, 0.25) is 0 Å². The second-order valence-corrected chi connectivity index (χ2v) is 9.35. The van der Waals surface area contributed by atoms with E-state index in [0.717, 1.165) is 32.8 Å². The Labute approximate surface area is 186 Å². The molecule has 0 amide bonds. The lowest BCUT2D eigenvalue weighted by Crippen LogP contribution is -2.27. The Morgan fingerprint density at radius 1 is 0.833 bits per heavy atom. The number of aliphatic hydroxyl groups excluding tert-OH is 1. The summed E-state index contributed by atoms with van der Waals surface area (Å²) >= 11 is 0. The van der Waals surface area contributed by atoms with Crippen LogP contribution in [0.15, 0.2) is 12.2 Å². The minimum atomic E-state index is -3.97. The van der Waals surface area contributed by atoms with Crippen molar-refractivity contribution in [2.24, 2.45) is 5.92 Å². The van der Waals surface area contributed by atoms with Crippen LogP contribution in [0.25, 0.3) is 0 Å². The lowest BCUT2D eigenvalue weighted by Gasteiger charge is -2.21. The van der Waals surface area contributed by atoms with E-state index in [1.165, 1.54) is 70.6 Å². The van der Waals surface area contributed by atoms with Crippen molar-refractivity contribution in [3.05, 3.63) is 12.2 Å². The van der Waals surface area contributed by atoms with Gasteiger partial charge in [0.15, 0.2) is 0 Å². The molecule has 0 aromatic rings. The highest BCUT2D eigenvalue weighted by molar-refractivity contribution is 7.81. The van der Waals surface area contributed by atoms with E-state index in [-0.39, 0.29) is 18.7 Å². The van der Waals surface area contributed by atoms with Crippen LogP contribution < -0.4 is 6.15 Å². The Morgan fingerprint density at radius 2 is 1.33 bits per heavy atom. The largest absolute Gasteiger partial charge is 0.399 e. The molecule has 0 fully saturated rings. The minimum absolute atomic E-state index is 0. The van der Waals surface area contributed by atoms with Crippen LogP contribution in [0.1, 0.15) is 110 Å². The molecule has 2 unspecified atom stereocenters. The summed E-state index contributed by atoms with van der Waals surface area (Å²) in [6.45, 7) is 4.03. The third-order valence-electron chi connectivity index (χ3n) is 5.49. The predicted octanol–water partition coefficient (Wildman–Crippen LogP) is 6.48. The van der Waals surface area contributed by atoms with Gasteiger partial charge < -0.3 is 11.3 Å². The van der Waals surface area contributed by atoms with Gasteiger partial charge in [0, 0.05) is 0 Å². The number of rotatable bonds is 21. The number of unbranched alkanes of at least 4 members (excludes halogenated alkanes) is 11. The summed E-state index contributed by atoms with van der Waals surface area (Å²) < 4.78 is 31.2. The molecule has 4 N–H and O–H groups in total. The van der Waals surface area contributed by atoms with E-state index in [1.54, 1.807) is 0 Å². The van der Waals surface area contributed by atoms with Crippen molar-refractivity contribution in [2.45, 2.75) is 116 Å². The van der Waals surface area contributed by atoms with E-state index < -0.39 is 16.5 Å². The molecule has 0 heterocycles. The SMILES string of the molecule is CCCCCCCC/C=C\CCCCCCCC(CC)C(O)COS(=O)(=O)OC.N. The Balaban J connectivity index is 0. The van der Waals surface area contributed by atoms with E-state index in [9.17, 15) is 13.5 Å². The first kappa shape index (κ1) is 31.7. The van der Waals surface area contributed by atoms with Gasteiger partial charge in [0.25, 0.3) is 0 Å². The van der Waals surface area contributed by atoms with Gasteiger partial charge in [-0.05, 0) is 38.0 Å². The molecule has 0 aromatic carbocycles. The Morgan fingerprint density at radius 3 is 1.83 bits per heavy atom. The summed E-state index contributed by atoms with van der Waals surface area (Å²) in [5.74, 6) is 0.0620. The molecule has 0 saturated heterocycles. The maximum atomic E-state index is 11.2. The molecule has 0 aliphatic carbocycles. The lowest BCUT2D eigenvalue weighted by atomic mass is 9.93. The molecule has 6 nitrogen and oxygen atoms in total. The Kier molecular flexibility index (Phi) is 23.0. The van der Waals surface area contributed by atoms with Gasteiger partial charge in [-0.1, -0.05) is 90.2 Å². The van der Waals surface area contributed by atoms with Crippen LogP contribution in [0.5, 0.6) is 0 Å². The van der Waals surface area contributed by atoms with Gasteiger partial charge in [-0.25, -0.2) is 4.18 Å². The molecule has 182 valence electrons. The summed E-state index contributed by atoms with van der Waals surface area (Å²) in [5.41, 5.74) is 0. The lowest BCUT2D eigenvalue weighted by molar-refractivity contribution is 0.0470. The molecule has 0 rings (SSSR count). The van der Waals surface area contributed by atoms with Gasteiger partial charge in [0.2, 0.25) is 0 Å². The number of hydrogen-bond acceptors (Lipinski definition) is 6. The molecule has 0 spiro atoms. The van der Waals surface area contributed by atoms with Crippen molar-refractivity contribution in [1.82, 2.24) is 6.15 Å². The maximum Gasteiger partial charge on any atom is 0.399 e. The first-order chi connectivity index (χ1) is 14.0. The van der Waals surface area contributed by atoms with Crippen LogP contribution in [0.4, 0.5) is 0 Å². The number of aliphatic hydroxyl groups is 1. The van der Waals surface area contributed by atoms with Crippen LogP contribution in [-0.4, -0.2) is 33.3 Å². The van der Waals surface area contributed by atoms with Crippen molar-refractivity contribution >= 4 is 10.4 Å². The summed E-state index contributed by atoms with van der Waals surface area (Å²) in [4.78, 5) is 0. The fourth-order valence-corrected chi connectivity index (χ4v) is 3.89. The van der Waals surface area contributed by atoms with Crippen LogP contribution in [0.3, 0.4) is 0 Å². The van der Waals surface area contributed by atoms with E-state index in [0.29, 0.717) is 0 Å². The van der Waals surface area contributed by atoms with Gasteiger partial charge in [-0.2, -0.15) is 8.42 Å². The van der Waals surface area contributed by atoms with Gasteiger partial charge >= 0.3 is 10.4 Å². The normalized spacial score (nSPS) is 14.0. The molecule has 30 heavy (non-hydrogen) atoms. The molecule has 0 aromatic heterocycles. The summed E-state index contributed by atoms with van der Waals surface area (Å²) in [6.07, 6.45) is 22.1. The van der Waals surface area contributed by atoms with Crippen LogP contribution in [0, 0.1) is 5.92 Å². The fourth-order valence-electron chi connectivity index (χ4n) is 3.48. The van der Waals surface area contributed by atoms with Gasteiger partial charge in [-0.15, -0.1) is 0 Å². The standard InChI is InChI=1S/C23H46O5S.H3N/c1-4-6-7-8-9-10-11-12-13-14-15-16-17-18-19-20-22(5-2)23(24)21-28-29(25,26)27-3;/h12-13,22-24H,4-11,14-21H2,1-3H3;1H3/b13-12-;. The van der Waals surface area contributed by atoms with E-state index >= 15 is 0 Å². The highest BCUT2D eigenvalue weighted by Crippen LogP contribution is 2.19. The van der Waals surface area contributed by atoms with Gasteiger partial charge in [0.1, 0.15) is 0 Å². The first-order valence-corrected chi connectivity index (χ1v) is 13.1. The maximum absolute atomic E-state index is 11.2. The third-order valence-corrected chi connectivity index (χ3v) is 6.33. The minimum Gasteiger partial charge on any atom is -0.390 e. The summed E-state index contributed by atoms with van der Waals surface area (Å²) in [6, 6.07) is 0. The number of hydrogen-bond donors (Lipinski definition) is 2. The second-order valence-electron chi connectivity index (χ2n) is 7.97. The van der Waals surface area contributed by atoms with Gasteiger partial charge in [-0.3, -0.25) is 4.18 Å². The molecule has 0 saturated carbocycles. The van der Waals surface area contributed by atoms with Crippen molar-refractivity contribution in [1.29, 1.82) is 0 Å². The highest BCUT2D eigenvalue weighted by atomic mass is 32.3. The average molecular weight is 452 g/mol. The zero-order chi connectivity index (χ0) is 21.8.